The maximum atomic E-state index is 11.8. The van der Waals surface area contributed by atoms with E-state index in [4.69, 9.17) is 36.3 Å². The van der Waals surface area contributed by atoms with Crippen molar-refractivity contribution in [3.8, 4) is 0 Å². The molecule has 0 radical (unpaired) electrons. The van der Waals surface area contributed by atoms with Crippen LogP contribution in [0.15, 0.2) is 6.33 Å². The summed E-state index contributed by atoms with van der Waals surface area (Å²) in [6, 6.07) is 0. The molecular formula is C14H20ClN3O5. The third kappa shape index (κ3) is 2.80. The summed E-state index contributed by atoms with van der Waals surface area (Å²) in [5, 5.41) is 0. The van der Waals surface area contributed by atoms with Gasteiger partial charge in [-0.1, -0.05) is 0 Å². The molecule has 1 aromatic rings. The molecule has 0 saturated carbocycles. The van der Waals surface area contributed by atoms with Crippen molar-refractivity contribution >= 4 is 23.4 Å². The number of anilines is 1. The molecule has 0 unspecified atom stereocenters. The first-order chi connectivity index (χ1) is 10.9. The van der Waals surface area contributed by atoms with Gasteiger partial charge in [0.05, 0.1) is 18.8 Å². The number of alkyl halides is 1. The number of carbonyl (C=O) groups is 1. The Morgan fingerprint density at radius 2 is 2.17 bits per heavy atom. The van der Waals surface area contributed by atoms with E-state index in [1.807, 2.05) is 13.8 Å². The molecule has 0 spiro atoms. The number of hydrogen-bond donors (Lipinski definition) is 1. The number of carbonyl (C=O) groups excluding carboxylic acids is 1. The zero-order valence-corrected chi connectivity index (χ0v) is 13.9. The lowest BCUT2D eigenvalue weighted by Crippen LogP contribution is -2.30. The number of nitrogens with zero attached hydrogens (tertiary/aromatic N) is 2. The Morgan fingerprint density at radius 1 is 1.48 bits per heavy atom. The van der Waals surface area contributed by atoms with Gasteiger partial charge in [-0.05, 0) is 20.8 Å². The second-order valence-corrected chi connectivity index (χ2v) is 6.20. The van der Waals surface area contributed by atoms with Crippen molar-refractivity contribution in [1.82, 2.24) is 9.55 Å². The lowest BCUT2D eigenvalue weighted by molar-refractivity contribution is -0.194. The average Bonchev–Trinajstić information content (AvgIpc) is 3.10. The van der Waals surface area contributed by atoms with Gasteiger partial charge in [0.2, 0.25) is 0 Å². The molecule has 2 aliphatic heterocycles. The molecule has 9 heteroatoms. The van der Waals surface area contributed by atoms with Gasteiger partial charge in [-0.2, -0.15) is 0 Å². The molecule has 2 fully saturated rings. The van der Waals surface area contributed by atoms with Crippen LogP contribution in [0.3, 0.4) is 0 Å². The largest absolute Gasteiger partial charge is 0.461 e. The highest BCUT2D eigenvalue weighted by molar-refractivity contribution is 6.18. The van der Waals surface area contributed by atoms with E-state index in [1.54, 1.807) is 11.5 Å². The minimum atomic E-state index is -0.735. The van der Waals surface area contributed by atoms with Crippen LogP contribution in [0.1, 0.15) is 37.5 Å². The fourth-order valence-corrected chi connectivity index (χ4v) is 3.19. The van der Waals surface area contributed by atoms with E-state index in [2.05, 4.69) is 4.98 Å². The van der Waals surface area contributed by atoms with E-state index in [9.17, 15) is 4.79 Å². The molecule has 4 atom stereocenters. The first-order valence-corrected chi connectivity index (χ1v) is 7.98. The zero-order valence-electron chi connectivity index (χ0n) is 13.2. The standard InChI is InChI=1S/C14H20ClN3O5/c1-4-20-13(19)8-11(16)18(6-17-8)12-10-9(7(5-15)21-12)22-14(2,3)23-10/h6-7,9-10,12H,4-5,16H2,1-3H3/t7-,9-,10-,12-/m1/s1. The van der Waals surface area contributed by atoms with Gasteiger partial charge in [-0.15, -0.1) is 11.6 Å². The Labute approximate surface area is 138 Å². The van der Waals surface area contributed by atoms with Crippen LogP contribution in [0.25, 0.3) is 0 Å². The van der Waals surface area contributed by atoms with Crippen LogP contribution in [0.4, 0.5) is 5.82 Å². The number of hydrogen-bond acceptors (Lipinski definition) is 7. The van der Waals surface area contributed by atoms with Crippen molar-refractivity contribution in [3.05, 3.63) is 12.0 Å². The van der Waals surface area contributed by atoms with Crippen LogP contribution >= 0.6 is 11.6 Å². The van der Waals surface area contributed by atoms with Crippen molar-refractivity contribution in [2.75, 3.05) is 18.2 Å². The molecule has 8 nitrogen and oxygen atoms in total. The van der Waals surface area contributed by atoms with Gasteiger partial charge in [0.25, 0.3) is 0 Å². The van der Waals surface area contributed by atoms with E-state index in [1.165, 1.54) is 6.33 Å². The van der Waals surface area contributed by atoms with Crippen LogP contribution in [0, 0.1) is 0 Å². The molecule has 0 amide bonds. The first-order valence-electron chi connectivity index (χ1n) is 7.44. The highest BCUT2D eigenvalue weighted by Gasteiger charge is 2.55. The molecule has 0 aliphatic carbocycles. The number of esters is 1. The molecule has 2 N–H and O–H groups in total. The number of halogens is 1. The van der Waals surface area contributed by atoms with Crippen molar-refractivity contribution in [2.45, 2.75) is 51.1 Å². The molecule has 23 heavy (non-hydrogen) atoms. The number of rotatable bonds is 4. The Balaban J connectivity index is 1.89. The topological polar surface area (TPSA) is 97.8 Å². The van der Waals surface area contributed by atoms with Crippen molar-refractivity contribution in [3.63, 3.8) is 0 Å². The quantitative estimate of drug-likeness (QED) is 0.648. The first kappa shape index (κ1) is 16.5. The number of fused-ring (bicyclic) bond motifs is 1. The summed E-state index contributed by atoms with van der Waals surface area (Å²) in [4.78, 5) is 15.9. The maximum absolute atomic E-state index is 11.8. The zero-order chi connectivity index (χ0) is 16.8. The van der Waals surface area contributed by atoms with Crippen LogP contribution < -0.4 is 5.73 Å². The number of ether oxygens (including phenoxy) is 4. The maximum Gasteiger partial charge on any atom is 0.360 e. The molecular weight excluding hydrogens is 326 g/mol. The number of imidazole rings is 1. The summed E-state index contributed by atoms with van der Waals surface area (Å²) < 4.78 is 24.2. The van der Waals surface area contributed by atoms with Gasteiger partial charge in [0, 0.05) is 0 Å². The molecule has 1 aromatic heterocycles. The second kappa shape index (κ2) is 5.94. The lowest BCUT2D eigenvalue weighted by atomic mass is 10.1. The highest BCUT2D eigenvalue weighted by Crippen LogP contribution is 2.44. The molecule has 0 aromatic carbocycles. The van der Waals surface area contributed by atoms with Gasteiger partial charge in [-0.25, -0.2) is 9.78 Å². The van der Waals surface area contributed by atoms with Gasteiger partial charge in [0.15, 0.2) is 17.7 Å². The second-order valence-electron chi connectivity index (χ2n) is 5.89. The van der Waals surface area contributed by atoms with Crippen molar-refractivity contribution < 1.29 is 23.7 Å². The normalized spacial score (nSPS) is 32.0. The van der Waals surface area contributed by atoms with E-state index in [0.717, 1.165) is 0 Å². The Morgan fingerprint density at radius 3 is 2.83 bits per heavy atom. The summed E-state index contributed by atoms with van der Waals surface area (Å²) >= 11 is 5.97. The van der Waals surface area contributed by atoms with Gasteiger partial charge in [-0.3, -0.25) is 4.57 Å². The summed E-state index contributed by atoms with van der Waals surface area (Å²) in [6.45, 7) is 5.62. The third-order valence-electron chi connectivity index (χ3n) is 3.85. The number of nitrogen functional groups attached to an aromatic ring is 1. The molecule has 2 aliphatic rings. The van der Waals surface area contributed by atoms with Crippen LogP contribution in [0.5, 0.6) is 0 Å². The SMILES string of the molecule is CCOC(=O)c1ncn([C@@H]2O[C@H](CCl)[C@H]3OC(C)(C)O[C@H]32)c1N. The number of nitrogens with two attached hydrogens (primary N) is 1. The highest BCUT2D eigenvalue weighted by atomic mass is 35.5. The monoisotopic (exact) mass is 345 g/mol. The lowest BCUT2D eigenvalue weighted by Gasteiger charge is -2.24. The van der Waals surface area contributed by atoms with Crippen molar-refractivity contribution in [1.29, 1.82) is 0 Å². The molecule has 0 bridgehead atoms. The molecule has 2 saturated heterocycles. The van der Waals surface area contributed by atoms with Crippen LogP contribution in [0.2, 0.25) is 0 Å². The van der Waals surface area contributed by atoms with E-state index < -0.39 is 18.0 Å². The Bertz CT molecular complexity index is 605. The predicted octanol–water partition coefficient (Wildman–Crippen LogP) is 1.30. The predicted molar refractivity (Wildman–Crippen MR) is 81.1 cm³/mol. The van der Waals surface area contributed by atoms with Crippen molar-refractivity contribution in [2.24, 2.45) is 0 Å². The van der Waals surface area contributed by atoms with Gasteiger partial charge in [0.1, 0.15) is 24.1 Å². The summed E-state index contributed by atoms with van der Waals surface area (Å²) in [5.74, 6) is -0.885. The van der Waals surface area contributed by atoms with E-state index >= 15 is 0 Å². The fraction of sp³-hybridized carbons (Fsp3) is 0.714. The summed E-state index contributed by atoms with van der Waals surface area (Å²) in [6.07, 6.45) is -0.155. The van der Waals surface area contributed by atoms with Crippen LogP contribution in [-0.4, -0.2) is 52.1 Å². The van der Waals surface area contributed by atoms with Gasteiger partial charge < -0.3 is 24.7 Å². The molecule has 128 valence electrons. The molecule has 3 rings (SSSR count). The molecule has 3 heterocycles. The summed E-state index contributed by atoms with van der Waals surface area (Å²) in [7, 11) is 0. The Kier molecular flexibility index (Phi) is 4.26. The fourth-order valence-electron chi connectivity index (χ4n) is 2.94. The Hall–Kier alpha value is -1.35. The van der Waals surface area contributed by atoms with E-state index in [0.29, 0.717) is 0 Å². The minimum Gasteiger partial charge on any atom is -0.461 e. The van der Waals surface area contributed by atoms with Crippen LogP contribution in [-0.2, 0) is 18.9 Å². The van der Waals surface area contributed by atoms with E-state index in [-0.39, 0.29) is 42.3 Å². The summed E-state index contributed by atoms with van der Waals surface area (Å²) in [5.41, 5.74) is 6.10. The smallest absolute Gasteiger partial charge is 0.360 e. The van der Waals surface area contributed by atoms with Gasteiger partial charge >= 0.3 is 5.97 Å². The third-order valence-corrected chi connectivity index (χ3v) is 4.16. The minimum absolute atomic E-state index is 0.0551. The average molecular weight is 346 g/mol. The number of aromatic nitrogens is 2.